The molecule has 1 unspecified atom stereocenters. The van der Waals surface area contributed by atoms with Crippen LogP contribution in [0.15, 0.2) is 30.3 Å². The fourth-order valence-corrected chi connectivity index (χ4v) is 3.40. The molecule has 0 spiro atoms. The Balaban J connectivity index is 2.34. The van der Waals surface area contributed by atoms with Crippen molar-refractivity contribution in [1.29, 1.82) is 10.5 Å². The van der Waals surface area contributed by atoms with Crippen LogP contribution >= 0.6 is 0 Å². The molecule has 0 N–H and O–H groups in total. The van der Waals surface area contributed by atoms with Gasteiger partial charge in [-0.05, 0) is 47.6 Å². The summed E-state index contributed by atoms with van der Waals surface area (Å²) in [7, 11) is 0. The first-order chi connectivity index (χ1) is 10.9. The molecule has 23 heavy (non-hydrogen) atoms. The van der Waals surface area contributed by atoms with Gasteiger partial charge in [-0.15, -0.1) is 0 Å². The Morgan fingerprint density at radius 1 is 1.04 bits per heavy atom. The Bertz CT molecular complexity index is 782. The van der Waals surface area contributed by atoms with Gasteiger partial charge >= 0.3 is 0 Å². The quantitative estimate of drug-likeness (QED) is 0.739. The molecule has 2 heteroatoms. The first-order valence-electron chi connectivity index (χ1n) is 8.20. The second-order valence-corrected chi connectivity index (χ2v) is 7.64. The van der Waals surface area contributed by atoms with Crippen LogP contribution in [0.25, 0.3) is 10.8 Å². The predicted octanol–water partition coefficient (Wildman–Crippen LogP) is 5.59. The summed E-state index contributed by atoms with van der Waals surface area (Å²) in [6, 6.07) is 14.4. The number of fused-ring (bicyclic) bond motifs is 1. The van der Waals surface area contributed by atoms with Gasteiger partial charge in [0, 0.05) is 5.39 Å². The molecule has 118 valence electrons. The van der Waals surface area contributed by atoms with Crippen molar-refractivity contribution in [2.75, 3.05) is 0 Å². The fraction of sp³-hybridized carbons (Fsp3) is 0.429. The minimum absolute atomic E-state index is 0.318. The Morgan fingerprint density at radius 2 is 1.70 bits per heavy atom. The van der Waals surface area contributed by atoms with E-state index in [0.29, 0.717) is 22.5 Å². The smallest absolute Gasteiger partial charge is 0.101 e. The van der Waals surface area contributed by atoms with Gasteiger partial charge in [0.2, 0.25) is 0 Å². The van der Waals surface area contributed by atoms with E-state index < -0.39 is 0 Å². The Morgan fingerprint density at radius 3 is 2.30 bits per heavy atom. The predicted molar refractivity (Wildman–Crippen MR) is 94.9 cm³/mol. The normalized spacial score (nSPS) is 12.6. The van der Waals surface area contributed by atoms with Gasteiger partial charge in [-0.1, -0.05) is 52.0 Å². The van der Waals surface area contributed by atoms with E-state index in [9.17, 15) is 10.5 Å². The number of benzene rings is 2. The maximum atomic E-state index is 9.54. The SMILES string of the molecule is CC(CCc1cc2ccccc2c(C#N)c1C#N)CC(C)(C)C. The second kappa shape index (κ2) is 6.84. The minimum Gasteiger partial charge on any atom is -0.192 e. The number of aryl methyl sites for hydroxylation is 1. The van der Waals surface area contributed by atoms with Crippen molar-refractivity contribution >= 4 is 10.8 Å². The Kier molecular flexibility index (Phi) is 5.07. The lowest BCUT2D eigenvalue weighted by molar-refractivity contribution is 0.297. The number of rotatable bonds is 4. The summed E-state index contributed by atoms with van der Waals surface area (Å²) < 4.78 is 0. The number of nitrogens with zero attached hydrogens (tertiary/aromatic N) is 2. The van der Waals surface area contributed by atoms with Crippen molar-refractivity contribution in [3.05, 3.63) is 47.0 Å². The molecule has 0 aliphatic heterocycles. The summed E-state index contributed by atoms with van der Waals surface area (Å²) in [5.74, 6) is 0.596. The highest BCUT2D eigenvalue weighted by Gasteiger charge is 2.17. The monoisotopic (exact) mass is 304 g/mol. The first kappa shape index (κ1) is 17.0. The molecule has 2 aromatic rings. The van der Waals surface area contributed by atoms with Crippen LogP contribution in [-0.2, 0) is 6.42 Å². The minimum atomic E-state index is 0.318. The van der Waals surface area contributed by atoms with Crippen molar-refractivity contribution in [1.82, 2.24) is 0 Å². The van der Waals surface area contributed by atoms with Crippen LogP contribution in [0.3, 0.4) is 0 Å². The van der Waals surface area contributed by atoms with E-state index in [1.54, 1.807) is 0 Å². The van der Waals surface area contributed by atoms with E-state index in [1.165, 1.54) is 0 Å². The molecule has 2 aromatic carbocycles. The third-order valence-electron chi connectivity index (χ3n) is 4.22. The molecule has 0 fully saturated rings. The summed E-state index contributed by atoms with van der Waals surface area (Å²) in [6.07, 6.45) is 3.04. The zero-order valence-electron chi connectivity index (χ0n) is 14.5. The second-order valence-electron chi connectivity index (χ2n) is 7.64. The number of nitriles is 2. The van der Waals surface area contributed by atoms with Crippen LogP contribution in [0.2, 0.25) is 0 Å². The van der Waals surface area contributed by atoms with Gasteiger partial charge in [0.05, 0.1) is 11.1 Å². The zero-order chi connectivity index (χ0) is 17.0. The summed E-state index contributed by atoms with van der Waals surface area (Å²) in [5.41, 5.74) is 2.39. The highest BCUT2D eigenvalue weighted by molar-refractivity contribution is 5.91. The van der Waals surface area contributed by atoms with E-state index in [2.05, 4.69) is 45.9 Å². The molecule has 2 rings (SSSR count). The molecule has 1 atom stereocenters. The van der Waals surface area contributed by atoms with Gasteiger partial charge in [-0.2, -0.15) is 10.5 Å². The maximum absolute atomic E-state index is 9.54. The first-order valence-corrected chi connectivity index (χ1v) is 8.20. The standard InChI is InChI=1S/C21H24N2/c1-15(12-21(2,3)4)9-10-17-11-16-7-5-6-8-18(16)20(14-23)19(17)13-22/h5-8,11,15H,9-10,12H2,1-4H3. The van der Waals surface area contributed by atoms with Crippen LogP contribution in [0.4, 0.5) is 0 Å². The van der Waals surface area contributed by atoms with Gasteiger partial charge in [0.1, 0.15) is 12.1 Å². The molecule has 2 nitrogen and oxygen atoms in total. The van der Waals surface area contributed by atoms with E-state index >= 15 is 0 Å². The molecule has 0 aromatic heterocycles. The molecule has 0 saturated heterocycles. The third kappa shape index (κ3) is 4.11. The van der Waals surface area contributed by atoms with E-state index in [-0.39, 0.29) is 0 Å². The fourth-order valence-electron chi connectivity index (χ4n) is 3.40. The highest BCUT2D eigenvalue weighted by atomic mass is 14.3. The van der Waals surface area contributed by atoms with Gasteiger partial charge in [0.25, 0.3) is 0 Å². The van der Waals surface area contributed by atoms with Gasteiger partial charge in [-0.25, -0.2) is 0 Å². The van der Waals surface area contributed by atoms with Crippen LogP contribution in [0, 0.1) is 34.0 Å². The zero-order valence-corrected chi connectivity index (χ0v) is 14.5. The maximum Gasteiger partial charge on any atom is 0.101 e. The third-order valence-corrected chi connectivity index (χ3v) is 4.22. The largest absolute Gasteiger partial charge is 0.192 e. The van der Waals surface area contributed by atoms with Crippen molar-refractivity contribution in [2.24, 2.45) is 11.3 Å². The molecule has 0 saturated carbocycles. The average Bonchev–Trinajstić information content (AvgIpc) is 2.49. The number of hydrogen-bond donors (Lipinski definition) is 0. The van der Waals surface area contributed by atoms with Crippen LogP contribution in [0.1, 0.15) is 57.2 Å². The molecule has 0 heterocycles. The van der Waals surface area contributed by atoms with E-state index in [1.807, 2.05) is 24.3 Å². The molecule has 0 amide bonds. The lowest BCUT2D eigenvalue weighted by atomic mass is 9.82. The molecule has 0 bridgehead atoms. The van der Waals surface area contributed by atoms with E-state index in [0.717, 1.165) is 35.6 Å². The summed E-state index contributed by atoms with van der Waals surface area (Å²) in [5, 5.41) is 21.0. The van der Waals surface area contributed by atoms with Crippen LogP contribution in [-0.4, -0.2) is 0 Å². The average molecular weight is 304 g/mol. The lowest BCUT2D eigenvalue weighted by Gasteiger charge is -2.23. The summed E-state index contributed by atoms with van der Waals surface area (Å²) >= 11 is 0. The topological polar surface area (TPSA) is 47.6 Å². The lowest BCUT2D eigenvalue weighted by Crippen LogP contribution is -2.12. The van der Waals surface area contributed by atoms with Gasteiger partial charge in [0.15, 0.2) is 0 Å². The number of hydrogen-bond acceptors (Lipinski definition) is 2. The van der Waals surface area contributed by atoms with E-state index in [4.69, 9.17) is 0 Å². The molecule has 0 aliphatic carbocycles. The summed E-state index contributed by atoms with van der Waals surface area (Å²) in [4.78, 5) is 0. The van der Waals surface area contributed by atoms with Gasteiger partial charge < -0.3 is 0 Å². The van der Waals surface area contributed by atoms with Crippen molar-refractivity contribution in [3.8, 4) is 12.1 Å². The molecule has 0 radical (unpaired) electrons. The van der Waals surface area contributed by atoms with Crippen molar-refractivity contribution in [3.63, 3.8) is 0 Å². The molecule has 0 aliphatic rings. The van der Waals surface area contributed by atoms with Crippen molar-refractivity contribution < 1.29 is 0 Å². The summed E-state index contributed by atoms with van der Waals surface area (Å²) in [6.45, 7) is 9.04. The Hall–Kier alpha value is -2.32. The van der Waals surface area contributed by atoms with Crippen LogP contribution < -0.4 is 0 Å². The van der Waals surface area contributed by atoms with Crippen LogP contribution in [0.5, 0.6) is 0 Å². The van der Waals surface area contributed by atoms with Crippen molar-refractivity contribution in [2.45, 2.75) is 47.0 Å². The van der Waals surface area contributed by atoms with Gasteiger partial charge in [-0.3, -0.25) is 0 Å². The molecular formula is C21H24N2. The Labute approximate surface area is 139 Å². The highest BCUT2D eigenvalue weighted by Crippen LogP contribution is 2.30. The molecular weight excluding hydrogens is 280 g/mol.